The number of carbonyl (C=O) groups is 2. The van der Waals surface area contributed by atoms with Crippen LogP contribution in [-0.2, 0) is 4.74 Å². The quantitative estimate of drug-likeness (QED) is 0.661. The molecular formula is C16H14Cl2N2O3. The number of rotatable bonds is 4. The molecule has 1 amide bonds. The summed E-state index contributed by atoms with van der Waals surface area (Å²) in [6.07, 6.45) is 1.14. The van der Waals surface area contributed by atoms with Gasteiger partial charge in [0.15, 0.2) is 0 Å². The summed E-state index contributed by atoms with van der Waals surface area (Å²) in [4.78, 5) is 27.6. The van der Waals surface area contributed by atoms with Crippen molar-refractivity contribution in [2.45, 2.75) is 20.0 Å². The van der Waals surface area contributed by atoms with Crippen LogP contribution in [0.25, 0.3) is 0 Å². The molecule has 0 unspecified atom stereocenters. The fourth-order valence-corrected chi connectivity index (χ4v) is 1.99. The summed E-state index contributed by atoms with van der Waals surface area (Å²) in [5, 5.41) is 3.01. The highest BCUT2D eigenvalue weighted by molar-refractivity contribution is 6.41. The first-order valence-corrected chi connectivity index (χ1v) is 7.56. The van der Waals surface area contributed by atoms with Crippen LogP contribution in [0.3, 0.4) is 0 Å². The summed E-state index contributed by atoms with van der Waals surface area (Å²) in [6.45, 7) is 3.55. The normalized spacial score (nSPS) is 10.5. The summed E-state index contributed by atoms with van der Waals surface area (Å²) in [5.41, 5.74) is 1.22. The maximum Gasteiger partial charge on any atom is 0.338 e. The molecule has 0 aliphatic carbocycles. The van der Waals surface area contributed by atoms with E-state index in [1.165, 1.54) is 12.3 Å². The molecule has 0 aliphatic heterocycles. The molecule has 5 nitrogen and oxygen atoms in total. The number of aromatic nitrogens is 1. The predicted octanol–water partition coefficient (Wildman–Crippen LogP) is 4.21. The SMILES string of the molecule is CC(C)OC(=O)c1ccc(NC(=O)c2cnc(Cl)c(Cl)c2)cc1. The predicted molar refractivity (Wildman–Crippen MR) is 89.2 cm³/mol. The van der Waals surface area contributed by atoms with Crippen LogP contribution in [0.4, 0.5) is 5.69 Å². The van der Waals surface area contributed by atoms with E-state index in [0.29, 0.717) is 11.3 Å². The van der Waals surface area contributed by atoms with Gasteiger partial charge < -0.3 is 10.1 Å². The molecule has 0 radical (unpaired) electrons. The van der Waals surface area contributed by atoms with Crippen LogP contribution in [-0.4, -0.2) is 23.0 Å². The van der Waals surface area contributed by atoms with Crippen molar-refractivity contribution >= 4 is 40.8 Å². The Hall–Kier alpha value is -2.11. The van der Waals surface area contributed by atoms with Crippen LogP contribution in [0, 0.1) is 0 Å². The van der Waals surface area contributed by atoms with Crippen molar-refractivity contribution in [1.82, 2.24) is 4.98 Å². The van der Waals surface area contributed by atoms with Gasteiger partial charge in [-0.1, -0.05) is 23.2 Å². The lowest BCUT2D eigenvalue weighted by molar-refractivity contribution is 0.0378. The lowest BCUT2D eigenvalue weighted by Crippen LogP contribution is -2.13. The number of nitrogens with one attached hydrogen (secondary N) is 1. The zero-order valence-corrected chi connectivity index (χ0v) is 14.0. The van der Waals surface area contributed by atoms with Crippen molar-refractivity contribution in [3.8, 4) is 0 Å². The van der Waals surface area contributed by atoms with E-state index in [1.807, 2.05) is 0 Å². The van der Waals surface area contributed by atoms with Crippen molar-refractivity contribution in [1.29, 1.82) is 0 Å². The van der Waals surface area contributed by atoms with Crippen LogP contribution in [0.2, 0.25) is 10.2 Å². The molecule has 1 N–H and O–H groups in total. The highest BCUT2D eigenvalue weighted by Gasteiger charge is 2.11. The number of hydrogen-bond acceptors (Lipinski definition) is 4. The summed E-state index contributed by atoms with van der Waals surface area (Å²) < 4.78 is 5.09. The van der Waals surface area contributed by atoms with Gasteiger partial charge >= 0.3 is 5.97 Å². The Kier molecular flexibility index (Phi) is 5.58. The Morgan fingerprint density at radius 1 is 1.13 bits per heavy atom. The van der Waals surface area contributed by atoms with Gasteiger partial charge in [0.25, 0.3) is 5.91 Å². The molecule has 0 fully saturated rings. The molecule has 0 aliphatic rings. The average molecular weight is 353 g/mol. The van der Waals surface area contributed by atoms with Gasteiger partial charge in [0, 0.05) is 11.9 Å². The molecule has 0 saturated carbocycles. The fraction of sp³-hybridized carbons (Fsp3) is 0.188. The van der Waals surface area contributed by atoms with E-state index in [4.69, 9.17) is 27.9 Å². The third-order valence-corrected chi connectivity index (χ3v) is 3.47. The number of ether oxygens (including phenoxy) is 1. The Bertz CT molecular complexity index is 731. The minimum Gasteiger partial charge on any atom is -0.459 e. The zero-order chi connectivity index (χ0) is 17.0. The Morgan fingerprint density at radius 3 is 2.35 bits per heavy atom. The average Bonchev–Trinajstić information content (AvgIpc) is 2.50. The molecule has 2 aromatic rings. The molecule has 0 spiro atoms. The first-order chi connectivity index (χ1) is 10.9. The number of nitrogens with zero attached hydrogens (tertiary/aromatic N) is 1. The van der Waals surface area contributed by atoms with Crippen molar-refractivity contribution in [3.63, 3.8) is 0 Å². The number of carbonyl (C=O) groups excluding carboxylic acids is 2. The van der Waals surface area contributed by atoms with Crippen molar-refractivity contribution in [3.05, 3.63) is 57.8 Å². The Balaban J connectivity index is 2.07. The molecule has 1 aromatic carbocycles. The number of anilines is 1. The minimum absolute atomic E-state index is 0.135. The first kappa shape index (κ1) is 17.2. The van der Waals surface area contributed by atoms with Gasteiger partial charge in [-0.2, -0.15) is 0 Å². The molecule has 23 heavy (non-hydrogen) atoms. The standard InChI is InChI=1S/C16H14Cl2N2O3/c1-9(2)23-16(22)10-3-5-12(6-4-10)20-15(21)11-7-13(17)14(18)19-8-11/h3-9H,1-2H3,(H,20,21). The lowest BCUT2D eigenvalue weighted by atomic mass is 10.2. The Morgan fingerprint density at radius 2 is 1.78 bits per heavy atom. The van der Waals surface area contributed by atoms with Crippen LogP contribution in [0.1, 0.15) is 34.6 Å². The summed E-state index contributed by atoms with van der Waals surface area (Å²) >= 11 is 11.5. The summed E-state index contributed by atoms with van der Waals surface area (Å²) in [5.74, 6) is -0.792. The first-order valence-electron chi connectivity index (χ1n) is 6.80. The highest BCUT2D eigenvalue weighted by Crippen LogP contribution is 2.20. The van der Waals surface area contributed by atoms with Gasteiger partial charge in [-0.05, 0) is 44.2 Å². The van der Waals surface area contributed by atoms with Gasteiger partial charge in [0.1, 0.15) is 5.15 Å². The van der Waals surface area contributed by atoms with Crippen molar-refractivity contribution in [2.75, 3.05) is 5.32 Å². The van der Waals surface area contributed by atoms with Gasteiger partial charge in [-0.15, -0.1) is 0 Å². The second-order valence-corrected chi connectivity index (χ2v) is 5.75. The van der Waals surface area contributed by atoms with E-state index in [-0.39, 0.29) is 27.8 Å². The van der Waals surface area contributed by atoms with Crippen LogP contribution in [0.5, 0.6) is 0 Å². The van der Waals surface area contributed by atoms with Crippen molar-refractivity contribution in [2.24, 2.45) is 0 Å². The lowest BCUT2D eigenvalue weighted by Gasteiger charge is -2.09. The van der Waals surface area contributed by atoms with Crippen LogP contribution >= 0.6 is 23.2 Å². The molecule has 1 aromatic heterocycles. The molecule has 120 valence electrons. The fourth-order valence-electron chi connectivity index (χ4n) is 1.72. The van der Waals surface area contributed by atoms with Crippen LogP contribution in [0.15, 0.2) is 36.5 Å². The molecule has 0 saturated heterocycles. The van der Waals surface area contributed by atoms with Gasteiger partial charge in [0.2, 0.25) is 0 Å². The highest BCUT2D eigenvalue weighted by atomic mass is 35.5. The van der Waals surface area contributed by atoms with Gasteiger partial charge in [-0.3, -0.25) is 4.79 Å². The van der Waals surface area contributed by atoms with Crippen LogP contribution < -0.4 is 5.32 Å². The number of halogens is 2. The topological polar surface area (TPSA) is 68.3 Å². The second kappa shape index (κ2) is 7.44. The number of amides is 1. The molecule has 7 heteroatoms. The summed E-state index contributed by atoms with van der Waals surface area (Å²) in [7, 11) is 0. The number of benzene rings is 1. The second-order valence-electron chi connectivity index (χ2n) is 4.98. The Labute approximate surface area is 143 Å². The third-order valence-electron chi connectivity index (χ3n) is 2.78. The molecule has 1 heterocycles. The number of hydrogen-bond donors (Lipinski definition) is 1. The van der Waals surface area contributed by atoms with Gasteiger partial charge in [-0.25, -0.2) is 9.78 Å². The maximum atomic E-state index is 12.1. The smallest absolute Gasteiger partial charge is 0.338 e. The molecular weight excluding hydrogens is 339 g/mol. The van der Waals surface area contributed by atoms with Gasteiger partial charge in [0.05, 0.1) is 22.3 Å². The molecule has 0 bridgehead atoms. The van der Waals surface area contributed by atoms with E-state index < -0.39 is 5.97 Å². The monoisotopic (exact) mass is 352 g/mol. The zero-order valence-electron chi connectivity index (χ0n) is 12.5. The number of pyridine rings is 1. The van der Waals surface area contributed by atoms with E-state index in [2.05, 4.69) is 10.3 Å². The molecule has 0 atom stereocenters. The summed E-state index contributed by atoms with van der Waals surface area (Å²) in [6, 6.07) is 7.81. The largest absolute Gasteiger partial charge is 0.459 e. The number of esters is 1. The van der Waals surface area contributed by atoms with E-state index >= 15 is 0 Å². The third kappa shape index (κ3) is 4.68. The maximum absolute atomic E-state index is 12.1. The van der Waals surface area contributed by atoms with E-state index in [9.17, 15) is 9.59 Å². The van der Waals surface area contributed by atoms with E-state index in [1.54, 1.807) is 38.1 Å². The molecule has 2 rings (SSSR count). The minimum atomic E-state index is -0.411. The van der Waals surface area contributed by atoms with Crippen molar-refractivity contribution < 1.29 is 14.3 Å². The van der Waals surface area contributed by atoms with E-state index in [0.717, 1.165) is 0 Å².